The molecule has 1 aliphatic heterocycles. The van der Waals surface area contributed by atoms with Gasteiger partial charge in [-0.25, -0.2) is 4.39 Å². The number of nitrogens with two attached hydrogens (primary N) is 1. The van der Waals surface area contributed by atoms with Gasteiger partial charge in [0.05, 0.1) is 16.1 Å². The number of hydrogen-bond donors (Lipinski definition) is 1. The van der Waals surface area contributed by atoms with Gasteiger partial charge in [0, 0.05) is 32.5 Å². The number of anilines is 1. The SMILES string of the molecule is CC/C(C)=C/C(=C\N(C)C)C1CCCCN1C(=O)c1c(N)ccc(Br)c1F. The molecule has 6 heteroatoms. The Morgan fingerprint density at radius 3 is 2.74 bits per heavy atom. The molecule has 2 N–H and O–H groups in total. The fourth-order valence-corrected chi connectivity index (χ4v) is 3.68. The van der Waals surface area contributed by atoms with E-state index in [4.69, 9.17) is 5.73 Å². The molecule has 1 aliphatic rings. The Balaban J connectivity index is 2.47. The first-order valence-corrected chi connectivity index (χ1v) is 10.1. The van der Waals surface area contributed by atoms with Crippen LogP contribution in [0, 0.1) is 5.82 Å². The molecule has 4 nitrogen and oxygen atoms in total. The number of carbonyl (C=O) groups excluding carboxylic acids is 1. The summed E-state index contributed by atoms with van der Waals surface area (Å²) in [6, 6.07) is 3.00. The predicted octanol–water partition coefficient (Wildman–Crippen LogP) is 4.97. The zero-order valence-electron chi connectivity index (χ0n) is 16.6. The highest BCUT2D eigenvalue weighted by Gasteiger charge is 2.32. The summed E-state index contributed by atoms with van der Waals surface area (Å²) in [5.74, 6) is -0.939. The molecule has 148 valence electrons. The van der Waals surface area contributed by atoms with Gasteiger partial charge in [-0.3, -0.25) is 4.79 Å². The lowest BCUT2D eigenvalue weighted by atomic mass is 9.92. The van der Waals surface area contributed by atoms with Gasteiger partial charge in [-0.05, 0) is 66.2 Å². The smallest absolute Gasteiger partial charge is 0.259 e. The minimum Gasteiger partial charge on any atom is -0.398 e. The predicted molar refractivity (Wildman–Crippen MR) is 113 cm³/mol. The minimum absolute atomic E-state index is 0.0447. The second-order valence-corrected chi connectivity index (χ2v) is 8.13. The first-order chi connectivity index (χ1) is 12.8. The molecule has 1 amide bonds. The number of halogens is 2. The lowest BCUT2D eigenvalue weighted by Crippen LogP contribution is -2.45. The zero-order chi connectivity index (χ0) is 20.1. The third-order valence-electron chi connectivity index (χ3n) is 4.87. The van der Waals surface area contributed by atoms with Gasteiger partial charge < -0.3 is 15.5 Å². The van der Waals surface area contributed by atoms with Gasteiger partial charge in [0.15, 0.2) is 5.82 Å². The molecule has 1 aromatic carbocycles. The van der Waals surface area contributed by atoms with Crippen molar-refractivity contribution in [2.45, 2.75) is 45.6 Å². The number of amides is 1. The topological polar surface area (TPSA) is 49.6 Å². The number of allylic oxidation sites excluding steroid dienone is 1. The normalized spacial score (nSPS) is 18.6. The van der Waals surface area contributed by atoms with Crippen molar-refractivity contribution >= 4 is 27.5 Å². The van der Waals surface area contributed by atoms with E-state index < -0.39 is 5.82 Å². The van der Waals surface area contributed by atoms with Crippen LogP contribution in [0.25, 0.3) is 0 Å². The molecular formula is C21H29BrFN3O. The van der Waals surface area contributed by atoms with Crippen LogP contribution in [0.1, 0.15) is 49.9 Å². The number of benzene rings is 1. The molecule has 1 fully saturated rings. The molecule has 1 aromatic rings. The van der Waals surface area contributed by atoms with Crippen LogP contribution in [0.15, 0.2) is 40.0 Å². The van der Waals surface area contributed by atoms with Crippen molar-refractivity contribution < 1.29 is 9.18 Å². The maximum atomic E-state index is 14.7. The molecule has 0 spiro atoms. The summed E-state index contributed by atoms with van der Waals surface area (Å²) < 4.78 is 14.9. The lowest BCUT2D eigenvalue weighted by molar-refractivity contribution is 0.0651. The highest BCUT2D eigenvalue weighted by atomic mass is 79.9. The van der Waals surface area contributed by atoms with E-state index in [-0.39, 0.29) is 27.7 Å². The van der Waals surface area contributed by atoms with E-state index in [1.807, 2.05) is 19.0 Å². The Hall–Kier alpha value is -1.82. The number of carbonyl (C=O) groups is 1. The Kier molecular flexibility index (Phi) is 7.48. The first kappa shape index (κ1) is 21.5. The van der Waals surface area contributed by atoms with Gasteiger partial charge in [0.25, 0.3) is 5.91 Å². The van der Waals surface area contributed by atoms with Gasteiger partial charge in [0.2, 0.25) is 0 Å². The largest absolute Gasteiger partial charge is 0.398 e. The summed E-state index contributed by atoms with van der Waals surface area (Å²) >= 11 is 3.16. The first-order valence-electron chi connectivity index (χ1n) is 9.36. The second kappa shape index (κ2) is 9.40. The molecule has 1 heterocycles. The van der Waals surface area contributed by atoms with Crippen LogP contribution in [0.5, 0.6) is 0 Å². The molecule has 27 heavy (non-hydrogen) atoms. The van der Waals surface area contributed by atoms with Gasteiger partial charge in [-0.2, -0.15) is 0 Å². The Morgan fingerprint density at radius 1 is 1.41 bits per heavy atom. The molecular weight excluding hydrogens is 409 g/mol. The van der Waals surface area contributed by atoms with Crippen LogP contribution >= 0.6 is 15.9 Å². The third-order valence-corrected chi connectivity index (χ3v) is 5.48. The highest BCUT2D eigenvalue weighted by molar-refractivity contribution is 9.10. The number of piperidine rings is 1. The summed E-state index contributed by atoms with van der Waals surface area (Å²) in [6.07, 6.45) is 7.94. The van der Waals surface area contributed by atoms with Crippen molar-refractivity contribution in [3.63, 3.8) is 0 Å². The van der Waals surface area contributed by atoms with E-state index in [1.54, 1.807) is 11.0 Å². The van der Waals surface area contributed by atoms with Crippen molar-refractivity contribution in [2.75, 3.05) is 26.4 Å². The molecule has 1 atom stereocenters. The van der Waals surface area contributed by atoms with Gasteiger partial charge in [-0.15, -0.1) is 0 Å². The fraction of sp³-hybridized carbons (Fsp3) is 0.476. The number of nitrogen functional groups attached to an aromatic ring is 1. The van der Waals surface area contributed by atoms with Crippen molar-refractivity contribution in [2.24, 2.45) is 0 Å². The molecule has 1 unspecified atom stereocenters. The van der Waals surface area contributed by atoms with Gasteiger partial charge in [-0.1, -0.05) is 18.6 Å². The number of nitrogens with zero attached hydrogens (tertiary/aromatic N) is 2. The highest BCUT2D eigenvalue weighted by Crippen LogP contribution is 2.31. The Bertz CT molecular complexity index is 758. The Labute approximate surface area is 170 Å². The summed E-state index contributed by atoms with van der Waals surface area (Å²) in [7, 11) is 3.94. The average Bonchev–Trinajstić information content (AvgIpc) is 2.64. The number of rotatable bonds is 5. The van der Waals surface area contributed by atoms with Crippen LogP contribution in [0.3, 0.4) is 0 Å². The van der Waals surface area contributed by atoms with Crippen molar-refractivity contribution in [3.05, 3.63) is 51.4 Å². The number of likely N-dealkylation sites (tertiary alicyclic amines) is 1. The van der Waals surface area contributed by atoms with E-state index in [0.717, 1.165) is 31.3 Å². The summed E-state index contributed by atoms with van der Waals surface area (Å²) in [5, 5.41) is 0. The standard InChI is InChI=1S/C21H29BrFN3O/c1-5-14(2)12-15(13-25(3)4)18-8-6-7-11-26(18)21(27)19-17(24)10-9-16(22)20(19)23/h9-10,12-13,18H,5-8,11,24H2,1-4H3/b14-12+,15-13+. The van der Waals surface area contributed by atoms with Crippen LogP contribution < -0.4 is 5.73 Å². The maximum absolute atomic E-state index is 14.7. The minimum atomic E-state index is -0.595. The lowest BCUT2D eigenvalue weighted by Gasteiger charge is -2.37. The van der Waals surface area contributed by atoms with Crippen molar-refractivity contribution in [1.82, 2.24) is 9.80 Å². The third kappa shape index (κ3) is 5.12. The van der Waals surface area contributed by atoms with E-state index in [2.05, 4.69) is 42.1 Å². The quantitative estimate of drug-likeness (QED) is 0.522. The Morgan fingerprint density at radius 2 is 2.11 bits per heavy atom. The maximum Gasteiger partial charge on any atom is 0.259 e. The number of hydrogen-bond acceptors (Lipinski definition) is 3. The molecule has 0 saturated carbocycles. The molecule has 1 saturated heterocycles. The monoisotopic (exact) mass is 437 g/mol. The van der Waals surface area contributed by atoms with E-state index in [9.17, 15) is 9.18 Å². The van der Waals surface area contributed by atoms with Gasteiger partial charge >= 0.3 is 0 Å². The molecule has 0 bridgehead atoms. The summed E-state index contributed by atoms with van der Waals surface area (Å²) in [5.41, 5.74) is 8.40. The van der Waals surface area contributed by atoms with E-state index in [1.165, 1.54) is 11.6 Å². The van der Waals surface area contributed by atoms with Crippen molar-refractivity contribution in [3.8, 4) is 0 Å². The second-order valence-electron chi connectivity index (χ2n) is 7.27. The summed E-state index contributed by atoms with van der Waals surface area (Å²) in [6.45, 7) is 4.80. The van der Waals surface area contributed by atoms with Crippen LogP contribution in [0.4, 0.5) is 10.1 Å². The molecule has 0 radical (unpaired) electrons. The molecule has 0 aromatic heterocycles. The van der Waals surface area contributed by atoms with Crippen molar-refractivity contribution in [1.29, 1.82) is 0 Å². The van der Waals surface area contributed by atoms with Crippen LogP contribution in [-0.2, 0) is 0 Å². The van der Waals surface area contributed by atoms with Crippen LogP contribution in [0.2, 0.25) is 0 Å². The fourth-order valence-electron chi connectivity index (χ4n) is 3.35. The average molecular weight is 438 g/mol. The van der Waals surface area contributed by atoms with Gasteiger partial charge in [0.1, 0.15) is 0 Å². The van der Waals surface area contributed by atoms with E-state index in [0.29, 0.717) is 6.54 Å². The van der Waals surface area contributed by atoms with Crippen LogP contribution in [-0.4, -0.2) is 42.4 Å². The summed E-state index contributed by atoms with van der Waals surface area (Å²) in [4.78, 5) is 17.0. The zero-order valence-corrected chi connectivity index (χ0v) is 18.1. The molecule has 2 rings (SSSR count). The molecule has 0 aliphatic carbocycles. The van der Waals surface area contributed by atoms with E-state index >= 15 is 0 Å².